The maximum absolute atomic E-state index is 13.0. The average molecular weight is 370 g/mol. The van der Waals surface area contributed by atoms with Crippen LogP contribution in [0.15, 0.2) is 36.4 Å². The lowest BCUT2D eigenvalue weighted by Crippen LogP contribution is -2.10. The molecule has 7 heteroatoms. The summed E-state index contributed by atoms with van der Waals surface area (Å²) in [4.78, 5) is 11.4. The van der Waals surface area contributed by atoms with Crippen molar-refractivity contribution in [1.29, 1.82) is 0 Å². The van der Waals surface area contributed by atoms with Crippen LogP contribution in [0.2, 0.25) is 0 Å². The molecule has 0 aliphatic carbocycles. The Bertz CT molecular complexity index is 648. The van der Waals surface area contributed by atoms with E-state index in [0.29, 0.717) is 36.8 Å². The first-order valence-corrected chi connectivity index (χ1v) is 8.12. The van der Waals surface area contributed by atoms with Crippen LogP contribution in [-0.2, 0) is 22.3 Å². The summed E-state index contributed by atoms with van der Waals surface area (Å²) in [6.07, 6.45) is 0.627. The Morgan fingerprint density at radius 1 is 0.654 bits per heavy atom. The van der Waals surface area contributed by atoms with Crippen molar-refractivity contribution in [3.05, 3.63) is 70.8 Å². The normalized spacial score (nSPS) is 10.6. The van der Waals surface area contributed by atoms with E-state index in [2.05, 4.69) is 0 Å². The molecular formula is C19H18F4O3. The van der Waals surface area contributed by atoms with Crippen LogP contribution in [0.3, 0.4) is 0 Å². The van der Waals surface area contributed by atoms with E-state index >= 15 is 0 Å². The van der Waals surface area contributed by atoms with Crippen LogP contribution in [0, 0.1) is 23.3 Å². The van der Waals surface area contributed by atoms with Gasteiger partial charge in [-0.3, -0.25) is 0 Å². The van der Waals surface area contributed by atoms with Crippen LogP contribution in [0.4, 0.5) is 22.4 Å². The van der Waals surface area contributed by atoms with Crippen molar-refractivity contribution in [2.24, 2.45) is 0 Å². The van der Waals surface area contributed by atoms with Crippen molar-refractivity contribution in [3.63, 3.8) is 0 Å². The first-order valence-electron chi connectivity index (χ1n) is 8.12. The molecule has 0 fully saturated rings. The van der Waals surface area contributed by atoms with E-state index in [1.807, 2.05) is 0 Å². The van der Waals surface area contributed by atoms with Gasteiger partial charge < -0.3 is 9.47 Å². The van der Waals surface area contributed by atoms with Gasteiger partial charge in [0.1, 0.15) is 23.3 Å². The van der Waals surface area contributed by atoms with Crippen LogP contribution in [0.5, 0.6) is 0 Å². The van der Waals surface area contributed by atoms with Crippen molar-refractivity contribution in [3.8, 4) is 0 Å². The SMILES string of the molecule is O=C(OCCCc1cc(F)cc(F)c1)OCCCc1cc(F)cc(F)c1. The molecule has 0 aromatic heterocycles. The number of halogens is 4. The van der Waals surface area contributed by atoms with Crippen LogP contribution in [0.25, 0.3) is 0 Å². The Morgan fingerprint density at radius 2 is 1.00 bits per heavy atom. The summed E-state index contributed by atoms with van der Waals surface area (Å²) < 4.78 is 61.8. The Labute approximate surface area is 148 Å². The third-order valence-electron chi connectivity index (χ3n) is 3.50. The number of benzene rings is 2. The number of hydrogen-bond donors (Lipinski definition) is 0. The fourth-order valence-corrected chi connectivity index (χ4v) is 2.42. The number of carbonyl (C=O) groups is 1. The second-order valence-corrected chi connectivity index (χ2v) is 5.71. The molecule has 26 heavy (non-hydrogen) atoms. The summed E-state index contributed by atoms with van der Waals surface area (Å²) in [5, 5.41) is 0. The van der Waals surface area contributed by atoms with Gasteiger partial charge in [-0.25, -0.2) is 22.4 Å². The van der Waals surface area contributed by atoms with Crippen molar-refractivity contribution in [2.75, 3.05) is 13.2 Å². The lowest BCUT2D eigenvalue weighted by Gasteiger charge is -2.07. The minimum absolute atomic E-state index is 0.0477. The molecule has 0 saturated carbocycles. The molecule has 140 valence electrons. The number of hydrogen-bond acceptors (Lipinski definition) is 3. The molecule has 0 unspecified atom stereocenters. The van der Waals surface area contributed by atoms with Gasteiger partial charge in [-0.05, 0) is 61.1 Å². The zero-order valence-corrected chi connectivity index (χ0v) is 13.9. The Balaban J connectivity index is 1.59. The first-order chi connectivity index (χ1) is 12.4. The summed E-state index contributed by atoms with van der Waals surface area (Å²) in [5.74, 6) is -2.62. The fraction of sp³-hybridized carbons (Fsp3) is 0.316. The van der Waals surface area contributed by atoms with Crippen LogP contribution in [0.1, 0.15) is 24.0 Å². The third-order valence-corrected chi connectivity index (χ3v) is 3.50. The van der Waals surface area contributed by atoms with Gasteiger partial charge in [-0.15, -0.1) is 0 Å². The van der Waals surface area contributed by atoms with Crippen LogP contribution < -0.4 is 0 Å². The molecule has 0 saturated heterocycles. The molecule has 3 nitrogen and oxygen atoms in total. The van der Waals surface area contributed by atoms with E-state index in [0.717, 1.165) is 12.1 Å². The molecule has 0 atom stereocenters. The highest BCUT2D eigenvalue weighted by molar-refractivity contribution is 5.59. The second-order valence-electron chi connectivity index (χ2n) is 5.71. The highest BCUT2D eigenvalue weighted by atomic mass is 19.1. The summed E-state index contributed by atoms with van der Waals surface area (Å²) >= 11 is 0. The lowest BCUT2D eigenvalue weighted by atomic mass is 10.1. The van der Waals surface area contributed by atoms with E-state index in [1.165, 1.54) is 24.3 Å². The molecule has 0 radical (unpaired) electrons. The van der Waals surface area contributed by atoms with Crippen molar-refractivity contribution >= 4 is 6.16 Å². The number of rotatable bonds is 8. The number of ether oxygens (including phenoxy) is 2. The largest absolute Gasteiger partial charge is 0.508 e. The number of carbonyl (C=O) groups excluding carboxylic acids is 1. The van der Waals surface area contributed by atoms with Gasteiger partial charge in [0.25, 0.3) is 0 Å². The molecule has 2 rings (SSSR count). The third kappa shape index (κ3) is 7.13. The molecule has 0 aliphatic rings. The molecule has 0 bridgehead atoms. The van der Waals surface area contributed by atoms with Gasteiger partial charge in [0.05, 0.1) is 13.2 Å². The van der Waals surface area contributed by atoms with Crippen LogP contribution >= 0.6 is 0 Å². The van der Waals surface area contributed by atoms with Gasteiger partial charge in [0.2, 0.25) is 0 Å². The molecule has 0 spiro atoms. The smallest absolute Gasteiger partial charge is 0.434 e. The summed E-state index contributed by atoms with van der Waals surface area (Å²) in [6.45, 7) is 0.0954. The van der Waals surface area contributed by atoms with E-state index in [-0.39, 0.29) is 13.2 Å². The monoisotopic (exact) mass is 370 g/mol. The minimum atomic E-state index is -0.860. The zero-order chi connectivity index (χ0) is 18.9. The van der Waals surface area contributed by atoms with Crippen molar-refractivity contribution < 1.29 is 31.8 Å². The molecular weight excluding hydrogens is 352 g/mol. The van der Waals surface area contributed by atoms with Crippen LogP contribution in [-0.4, -0.2) is 19.4 Å². The van der Waals surface area contributed by atoms with Gasteiger partial charge >= 0.3 is 6.16 Å². The van der Waals surface area contributed by atoms with Crippen molar-refractivity contribution in [2.45, 2.75) is 25.7 Å². The van der Waals surface area contributed by atoms with Gasteiger partial charge in [-0.1, -0.05) is 0 Å². The summed E-state index contributed by atoms with van der Waals surface area (Å²) in [6, 6.07) is 6.45. The Kier molecular flexibility index (Phi) is 7.44. The average Bonchev–Trinajstić information content (AvgIpc) is 2.54. The van der Waals surface area contributed by atoms with E-state index in [4.69, 9.17) is 9.47 Å². The Morgan fingerprint density at radius 3 is 1.35 bits per heavy atom. The maximum atomic E-state index is 13.0. The molecule has 2 aromatic carbocycles. The Hall–Kier alpha value is -2.57. The predicted octanol–water partition coefficient (Wildman–Crippen LogP) is 4.96. The molecule has 0 N–H and O–H groups in total. The fourth-order valence-electron chi connectivity index (χ4n) is 2.42. The van der Waals surface area contributed by atoms with E-state index < -0.39 is 29.4 Å². The topological polar surface area (TPSA) is 35.5 Å². The summed E-state index contributed by atoms with van der Waals surface area (Å²) in [5.41, 5.74) is 0.948. The molecule has 2 aromatic rings. The zero-order valence-electron chi connectivity index (χ0n) is 13.9. The molecule has 0 heterocycles. The number of aryl methyl sites for hydroxylation is 2. The first kappa shape index (κ1) is 19.8. The quantitative estimate of drug-likeness (QED) is 0.374. The highest BCUT2D eigenvalue weighted by Gasteiger charge is 2.06. The van der Waals surface area contributed by atoms with E-state index in [9.17, 15) is 22.4 Å². The maximum Gasteiger partial charge on any atom is 0.508 e. The van der Waals surface area contributed by atoms with Gasteiger partial charge in [-0.2, -0.15) is 0 Å². The predicted molar refractivity (Wildman–Crippen MR) is 86.7 cm³/mol. The minimum Gasteiger partial charge on any atom is -0.434 e. The van der Waals surface area contributed by atoms with Gasteiger partial charge in [0, 0.05) is 12.1 Å². The van der Waals surface area contributed by atoms with Crippen molar-refractivity contribution in [1.82, 2.24) is 0 Å². The summed E-state index contributed by atoms with van der Waals surface area (Å²) in [7, 11) is 0. The lowest BCUT2D eigenvalue weighted by molar-refractivity contribution is 0.0539. The highest BCUT2D eigenvalue weighted by Crippen LogP contribution is 2.11. The van der Waals surface area contributed by atoms with Gasteiger partial charge in [0.15, 0.2) is 0 Å². The second kappa shape index (κ2) is 9.79. The molecule has 0 aliphatic heterocycles. The standard InChI is InChI=1S/C19H18F4O3/c20-15-7-13(8-16(21)11-15)3-1-5-25-19(24)26-6-2-4-14-9-17(22)12-18(23)10-14/h7-12H,1-6H2. The molecule has 0 amide bonds. The van der Waals surface area contributed by atoms with E-state index in [1.54, 1.807) is 0 Å².